The first kappa shape index (κ1) is 24.7. The minimum Gasteiger partial charge on any atom is -0.454 e. The van der Waals surface area contributed by atoms with Crippen molar-refractivity contribution in [3.63, 3.8) is 0 Å². The Balaban J connectivity index is 1.64. The number of anilines is 1. The topological polar surface area (TPSA) is 136 Å². The van der Waals surface area contributed by atoms with E-state index in [1.165, 1.54) is 19.1 Å². The molecule has 0 atom stereocenters. The zero-order chi connectivity index (χ0) is 24.6. The number of nitro benzene ring substituents is 1. The second-order valence-corrected chi connectivity index (χ2v) is 8.18. The van der Waals surface area contributed by atoms with Crippen LogP contribution in [0.25, 0.3) is 0 Å². The van der Waals surface area contributed by atoms with Crippen molar-refractivity contribution in [1.29, 1.82) is 0 Å². The molecule has 1 aliphatic heterocycles. The highest BCUT2D eigenvalue weighted by Crippen LogP contribution is 2.44. The predicted molar refractivity (Wildman–Crippen MR) is 119 cm³/mol. The first-order chi connectivity index (χ1) is 15.4. The van der Waals surface area contributed by atoms with Crippen LogP contribution in [0.3, 0.4) is 0 Å². The summed E-state index contributed by atoms with van der Waals surface area (Å²) in [5, 5.41) is 12.3. The molecule has 2 aromatic carbocycles. The number of fused-ring (bicyclic) bond motifs is 1. The molecule has 0 aliphatic carbocycles. The number of carbonyl (C=O) groups excluding carboxylic acids is 4. The fraction of sp³-hybridized carbons (Fsp3) is 0.158. The number of esters is 1. The van der Waals surface area contributed by atoms with Crippen molar-refractivity contribution in [3.05, 3.63) is 65.1 Å². The molecular formula is C19H11Cl4N3O7. The quantitative estimate of drug-likeness (QED) is 0.146. The number of nitrogens with one attached hydrogen (secondary N) is 1. The first-order valence-corrected chi connectivity index (χ1v) is 10.4. The lowest BCUT2D eigenvalue weighted by atomic mass is 10.1. The second kappa shape index (κ2) is 9.52. The summed E-state index contributed by atoms with van der Waals surface area (Å²) in [5.74, 6) is -3.75. The Bertz CT molecular complexity index is 1200. The van der Waals surface area contributed by atoms with Crippen LogP contribution in [-0.2, 0) is 14.3 Å². The summed E-state index contributed by atoms with van der Waals surface area (Å²) in [6.07, 6.45) is 0. The lowest BCUT2D eigenvalue weighted by Crippen LogP contribution is -2.36. The van der Waals surface area contributed by atoms with Gasteiger partial charge in [0, 0.05) is 17.3 Å². The van der Waals surface area contributed by atoms with Gasteiger partial charge in [0.2, 0.25) is 0 Å². The number of rotatable bonds is 6. The average molecular weight is 535 g/mol. The summed E-state index contributed by atoms with van der Waals surface area (Å²) < 4.78 is 4.79. The number of imide groups is 1. The molecule has 0 fully saturated rings. The highest BCUT2D eigenvalue weighted by atomic mass is 35.5. The number of ether oxygens (including phenoxy) is 1. The van der Waals surface area contributed by atoms with Crippen LogP contribution in [0.2, 0.25) is 20.1 Å². The van der Waals surface area contributed by atoms with Crippen LogP contribution < -0.4 is 5.32 Å². The van der Waals surface area contributed by atoms with Crippen molar-refractivity contribution in [3.8, 4) is 0 Å². The molecule has 10 nitrogen and oxygen atoms in total. The number of carbonyl (C=O) groups is 4. The van der Waals surface area contributed by atoms with Crippen LogP contribution in [0.4, 0.5) is 11.4 Å². The van der Waals surface area contributed by atoms with Crippen molar-refractivity contribution in [2.45, 2.75) is 6.92 Å². The fourth-order valence-electron chi connectivity index (χ4n) is 2.94. The van der Waals surface area contributed by atoms with Crippen LogP contribution in [-0.4, -0.2) is 46.7 Å². The van der Waals surface area contributed by atoms with E-state index in [4.69, 9.17) is 51.1 Å². The third-order valence-electron chi connectivity index (χ3n) is 4.53. The van der Waals surface area contributed by atoms with Gasteiger partial charge in [0.1, 0.15) is 6.54 Å². The molecule has 1 aliphatic rings. The van der Waals surface area contributed by atoms with E-state index in [-0.39, 0.29) is 42.6 Å². The summed E-state index contributed by atoms with van der Waals surface area (Å²) in [6.45, 7) is -0.0760. The number of aryl methyl sites for hydroxylation is 1. The van der Waals surface area contributed by atoms with E-state index in [1.807, 2.05) is 0 Å². The summed E-state index contributed by atoms with van der Waals surface area (Å²) in [4.78, 5) is 60.2. The molecule has 33 heavy (non-hydrogen) atoms. The van der Waals surface area contributed by atoms with Gasteiger partial charge in [-0.15, -0.1) is 0 Å². The van der Waals surface area contributed by atoms with Crippen LogP contribution in [0, 0.1) is 17.0 Å². The Labute approximate surface area is 205 Å². The van der Waals surface area contributed by atoms with Crippen molar-refractivity contribution < 1.29 is 28.8 Å². The highest BCUT2D eigenvalue weighted by molar-refractivity contribution is 6.55. The normalized spacial score (nSPS) is 12.6. The van der Waals surface area contributed by atoms with Crippen molar-refractivity contribution in [2.24, 2.45) is 0 Å². The standard InChI is InChI=1S/C19H11Cl4N3O7/c1-7-2-3-8(4-9(7)26(31)32)24-10(27)6-33-11(28)5-25-18(29)12-13(19(25)30)15(21)17(23)16(22)14(12)20/h2-4H,5-6H2,1H3,(H,24,27). The molecule has 14 heteroatoms. The third-order valence-corrected chi connectivity index (χ3v) is 6.33. The average Bonchev–Trinajstić information content (AvgIpc) is 3.00. The van der Waals surface area contributed by atoms with Gasteiger partial charge in [-0.2, -0.15) is 0 Å². The Kier molecular flexibility index (Phi) is 7.13. The molecule has 3 rings (SSSR count). The van der Waals surface area contributed by atoms with Gasteiger partial charge in [0.15, 0.2) is 6.61 Å². The summed E-state index contributed by atoms with van der Waals surface area (Å²) in [6, 6.07) is 4.03. The molecule has 0 spiro atoms. The monoisotopic (exact) mass is 533 g/mol. The number of hydrogen-bond donors (Lipinski definition) is 1. The Morgan fingerprint density at radius 2 is 1.58 bits per heavy atom. The predicted octanol–water partition coefficient (Wildman–Crippen LogP) is 4.29. The number of nitrogens with zero attached hydrogens (tertiary/aromatic N) is 2. The molecule has 2 aromatic rings. The maximum atomic E-state index is 12.6. The van der Waals surface area contributed by atoms with Crippen LogP contribution in [0.1, 0.15) is 26.3 Å². The van der Waals surface area contributed by atoms with Gasteiger partial charge in [0.05, 0.1) is 36.1 Å². The van der Waals surface area contributed by atoms with E-state index >= 15 is 0 Å². The van der Waals surface area contributed by atoms with Crippen molar-refractivity contribution >= 4 is 81.5 Å². The Hall–Kier alpha value is -2.92. The Morgan fingerprint density at radius 1 is 1.03 bits per heavy atom. The zero-order valence-corrected chi connectivity index (χ0v) is 19.4. The van der Waals surface area contributed by atoms with Gasteiger partial charge in [-0.1, -0.05) is 52.5 Å². The van der Waals surface area contributed by atoms with Gasteiger partial charge in [0.25, 0.3) is 23.4 Å². The molecule has 0 aromatic heterocycles. The maximum absolute atomic E-state index is 12.6. The molecule has 0 saturated carbocycles. The van der Waals surface area contributed by atoms with Crippen molar-refractivity contribution in [1.82, 2.24) is 4.90 Å². The summed E-state index contributed by atoms with van der Waals surface area (Å²) in [7, 11) is 0. The third kappa shape index (κ3) is 4.74. The minimum absolute atomic E-state index is 0.117. The lowest BCUT2D eigenvalue weighted by Gasteiger charge is -2.13. The van der Waals surface area contributed by atoms with E-state index in [0.717, 1.165) is 6.07 Å². The molecular weight excluding hydrogens is 524 g/mol. The van der Waals surface area contributed by atoms with E-state index in [1.54, 1.807) is 0 Å². The van der Waals surface area contributed by atoms with Gasteiger partial charge in [-0.3, -0.25) is 34.2 Å². The summed E-state index contributed by atoms with van der Waals surface area (Å²) in [5.41, 5.74) is -0.284. The molecule has 0 radical (unpaired) electrons. The highest BCUT2D eigenvalue weighted by Gasteiger charge is 2.42. The minimum atomic E-state index is -1.08. The van der Waals surface area contributed by atoms with Gasteiger partial charge < -0.3 is 10.1 Å². The van der Waals surface area contributed by atoms with E-state index in [0.29, 0.717) is 10.5 Å². The fourth-order valence-corrected chi connectivity index (χ4v) is 3.96. The molecule has 0 bridgehead atoms. The molecule has 1 heterocycles. The first-order valence-electron chi connectivity index (χ1n) is 8.86. The molecule has 172 valence electrons. The summed E-state index contributed by atoms with van der Waals surface area (Å²) >= 11 is 23.9. The zero-order valence-electron chi connectivity index (χ0n) is 16.4. The molecule has 3 amide bonds. The molecule has 0 unspecified atom stereocenters. The number of amides is 3. The van der Waals surface area contributed by atoms with E-state index in [9.17, 15) is 29.3 Å². The van der Waals surface area contributed by atoms with Gasteiger partial charge >= 0.3 is 5.97 Å². The van der Waals surface area contributed by atoms with Gasteiger partial charge in [-0.25, -0.2) is 0 Å². The van der Waals surface area contributed by atoms with E-state index in [2.05, 4.69) is 5.32 Å². The molecule has 1 N–H and O–H groups in total. The van der Waals surface area contributed by atoms with Crippen molar-refractivity contribution in [2.75, 3.05) is 18.5 Å². The SMILES string of the molecule is Cc1ccc(NC(=O)COC(=O)CN2C(=O)c3c(Cl)c(Cl)c(Cl)c(Cl)c3C2=O)cc1[N+](=O)[O-]. The number of benzene rings is 2. The van der Waals surface area contributed by atoms with Gasteiger partial charge in [-0.05, 0) is 13.0 Å². The lowest BCUT2D eigenvalue weighted by molar-refractivity contribution is -0.385. The van der Waals surface area contributed by atoms with Crippen LogP contribution >= 0.6 is 46.4 Å². The largest absolute Gasteiger partial charge is 0.454 e. The smallest absolute Gasteiger partial charge is 0.326 e. The molecule has 0 saturated heterocycles. The van der Waals surface area contributed by atoms with E-state index < -0.39 is 41.8 Å². The van der Waals surface area contributed by atoms with Crippen LogP contribution in [0.15, 0.2) is 18.2 Å². The van der Waals surface area contributed by atoms with Crippen LogP contribution in [0.5, 0.6) is 0 Å². The number of hydrogen-bond acceptors (Lipinski definition) is 7. The second-order valence-electron chi connectivity index (χ2n) is 6.67. The number of halogens is 4. The Morgan fingerprint density at radius 3 is 2.09 bits per heavy atom. The maximum Gasteiger partial charge on any atom is 0.326 e. The number of nitro groups is 1.